The fraction of sp³-hybridized carbons (Fsp3) is 0.269. The lowest BCUT2D eigenvalue weighted by molar-refractivity contribution is -0.123. The Hall–Kier alpha value is -3.67. The van der Waals surface area contributed by atoms with Crippen LogP contribution in [0.3, 0.4) is 0 Å². The zero-order valence-electron chi connectivity index (χ0n) is 18.1. The molecule has 162 valence electrons. The van der Waals surface area contributed by atoms with E-state index in [9.17, 15) is 9.59 Å². The van der Waals surface area contributed by atoms with Gasteiger partial charge < -0.3 is 5.32 Å². The largest absolute Gasteiger partial charge is 0.354 e. The van der Waals surface area contributed by atoms with Crippen LogP contribution in [0.1, 0.15) is 29.5 Å². The number of imidazole rings is 1. The molecule has 0 bridgehead atoms. The van der Waals surface area contributed by atoms with Crippen LogP contribution in [0, 0.1) is 6.92 Å². The van der Waals surface area contributed by atoms with Crippen LogP contribution in [-0.2, 0) is 23.3 Å². The number of aromatic nitrogens is 3. The Kier molecular flexibility index (Phi) is 5.13. The van der Waals surface area contributed by atoms with Crippen LogP contribution in [-0.4, -0.2) is 26.6 Å². The molecule has 32 heavy (non-hydrogen) atoms. The number of pyridine rings is 1. The van der Waals surface area contributed by atoms with E-state index in [1.54, 1.807) is 15.3 Å². The number of nitrogens with zero attached hydrogens (tertiary/aromatic N) is 3. The number of carbonyl (C=O) groups excluding carboxylic acids is 1. The molecule has 1 fully saturated rings. The van der Waals surface area contributed by atoms with Gasteiger partial charge in [0.25, 0.3) is 0 Å². The van der Waals surface area contributed by atoms with Gasteiger partial charge in [-0.15, -0.1) is 0 Å². The molecule has 6 heteroatoms. The Bertz CT molecular complexity index is 1320. The van der Waals surface area contributed by atoms with Crippen LogP contribution in [0.2, 0.25) is 0 Å². The molecule has 2 aromatic carbocycles. The average molecular weight is 427 g/mol. The van der Waals surface area contributed by atoms with Crippen LogP contribution < -0.4 is 11.0 Å². The summed E-state index contributed by atoms with van der Waals surface area (Å²) in [6.45, 7) is 3.29. The fourth-order valence-corrected chi connectivity index (χ4v) is 4.36. The minimum absolute atomic E-state index is 0.0353. The van der Waals surface area contributed by atoms with Gasteiger partial charge in [-0.1, -0.05) is 60.2 Å². The molecule has 1 saturated carbocycles. The molecule has 0 unspecified atom stereocenters. The third-order valence-corrected chi connectivity index (χ3v) is 6.37. The molecular formula is C26H26N4O2. The van der Waals surface area contributed by atoms with Gasteiger partial charge in [-0.05, 0) is 43.0 Å². The number of rotatable bonds is 7. The summed E-state index contributed by atoms with van der Waals surface area (Å²) in [5.74, 6) is 0.0353. The molecule has 1 amide bonds. The van der Waals surface area contributed by atoms with Gasteiger partial charge in [0.1, 0.15) is 0 Å². The third kappa shape index (κ3) is 3.62. The maximum atomic E-state index is 13.2. The molecule has 0 radical (unpaired) electrons. The van der Waals surface area contributed by atoms with Crippen molar-refractivity contribution in [3.8, 4) is 0 Å². The first-order valence-electron chi connectivity index (χ1n) is 11.0. The summed E-state index contributed by atoms with van der Waals surface area (Å²) >= 11 is 0. The Morgan fingerprint density at radius 1 is 1.00 bits per heavy atom. The van der Waals surface area contributed by atoms with Crippen LogP contribution in [0.5, 0.6) is 0 Å². The first-order valence-corrected chi connectivity index (χ1v) is 11.0. The number of carbonyl (C=O) groups is 1. The fourth-order valence-electron chi connectivity index (χ4n) is 4.36. The smallest absolute Gasteiger partial charge is 0.330 e. The first-order chi connectivity index (χ1) is 15.6. The molecule has 6 nitrogen and oxygen atoms in total. The molecule has 5 rings (SSSR count). The van der Waals surface area contributed by atoms with Gasteiger partial charge in [0.2, 0.25) is 5.91 Å². The lowest BCUT2D eigenvalue weighted by atomic mass is 9.95. The SMILES string of the molecule is Cc1ccc(Cn2c(=O)n(CCNC(=O)C3(c4ccccc4)CC3)c3ncccc32)cc1. The summed E-state index contributed by atoms with van der Waals surface area (Å²) in [5, 5.41) is 3.05. The summed E-state index contributed by atoms with van der Waals surface area (Å²) in [6.07, 6.45) is 3.42. The van der Waals surface area contributed by atoms with Gasteiger partial charge in [0.05, 0.1) is 17.5 Å². The summed E-state index contributed by atoms with van der Waals surface area (Å²) in [6, 6.07) is 21.9. The standard InChI is InChI=1S/C26H26N4O2/c1-19-9-11-20(12-10-19)18-30-22-8-5-15-27-23(22)29(25(30)32)17-16-28-24(31)26(13-14-26)21-6-3-2-4-7-21/h2-12,15H,13-14,16-18H2,1H3,(H,28,31). The predicted molar refractivity (Wildman–Crippen MR) is 125 cm³/mol. The number of hydrogen-bond acceptors (Lipinski definition) is 3. The van der Waals surface area contributed by atoms with Crippen LogP contribution in [0.4, 0.5) is 0 Å². The summed E-state index contributed by atoms with van der Waals surface area (Å²) in [5.41, 5.74) is 4.22. The highest BCUT2D eigenvalue weighted by atomic mass is 16.2. The number of benzene rings is 2. The molecule has 0 spiro atoms. The minimum Gasteiger partial charge on any atom is -0.354 e. The van der Waals surface area contributed by atoms with E-state index >= 15 is 0 Å². The van der Waals surface area contributed by atoms with Crippen molar-refractivity contribution in [2.75, 3.05) is 6.54 Å². The maximum absolute atomic E-state index is 13.2. The van der Waals surface area contributed by atoms with Gasteiger partial charge in [-0.3, -0.25) is 13.9 Å². The summed E-state index contributed by atoms with van der Waals surface area (Å²) in [4.78, 5) is 30.6. The zero-order valence-corrected chi connectivity index (χ0v) is 18.1. The van der Waals surface area contributed by atoms with Gasteiger partial charge >= 0.3 is 5.69 Å². The summed E-state index contributed by atoms with van der Waals surface area (Å²) < 4.78 is 3.41. The Morgan fingerprint density at radius 2 is 1.75 bits per heavy atom. The lowest BCUT2D eigenvalue weighted by Crippen LogP contribution is -2.38. The highest BCUT2D eigenvalue weighted by molar-refractivity contribution is 5.91. The number of nitrogens with one attached hydrogen (secondary N) is 1. The Balaban J connectivity index is 1.35. The van der Waals surface area contributed by atoms with Crippen molar-refractivity contribution in [1.29, 1.82) is 0 Å². The molecule has 0 saturated heterocycles. The lowest BCUT2D eigenvalue weighted by Gasteiger charge is -2.15. The second kappa shape index (κ2) is 8.11. The molecule has 2 heterocycles. The van der Waals surface area contributed by atoms with E-state index in [-0.39, 0.29) is 11.6 Å². The summed E-state index contributed by atoms with van der Waals surface area (Å²) in [7, 11) is 0. The molecule has 1 aliphatic carbocycles. The number of hydrogen-bond donors (Lipinski definition) is 1. The second-order valence-corrected chi connectivity index (χ2v) is 8.56. The molecule has 2 aromatic heterocycles. The second-order valence-electron chi connectivity index (χ2n) is 8.56. The monoisotopic (exact) mass is 426 g/mol. The van der Waals surface area contributed by atoms with Crippen LogP contribution in [0.25, 0.3) is 11.2 Å². The molecule has 0 aliphatic heterocycles. The topological polar surface area (TPSA) is 68.9 Å². The number of fused-ring (bicyclic) bond motifs is 1. The van der Waals surface area contributed by atoms with Crippen molar-refractivity contribution in [3.63, 3.8) is 0 Å². The third-order valence-electron chi connectivity index (χ3n) is 6.37. The highest BCUT2D eigenvalue weighted by Gasteiger charge is 2.50. The predicted octanol–water partition coefficient (Wildman–Crippen LogP) is 3.40. The van der Waals surface area contributed by atoms with Crippen molar-refractivity contribution in [3.05, 3.63) is 100 Å². The normalized spacial score (nSPS) is 14.4. The van der Waals surface area contributed by atoms with E-state index in [2.05, 4.69) is 10.3 Å². The van der Waals surface area contributed by atoms with E-state index in [1.807, 2.05) is 73.7 Å². The Labute approximate surface area is 186 Å². The van der Waals surface area contributed by atoms with Crippen molar-refractivity contribution in [1.82, 2.24) is 19.4 Å². The maximum Gasteiger partial charge on any atom is 0.330 e. The van der Waals surface area contributed by atoms with Crippen LogP contribution >= 0.6 is 0 Å². The molecule has 1 N–H and O–H groups in total. The quantitative estimate of drug-likeness (QED) is 0.492. The van der Waals surface area contributed by atoms with E-state index in [0.717, 1.165) is 29.5 Å². The van der Waals surface area contributed by atoms with E-state index in [4.69, 9.17) is 0 Å². The van der Waals surface area contributed by atoms with Gasteiger partial charge in [0, 0.05) is 19.3 Å². The number of aryl methyl sites for hydroxylation is 1. The minimum atomic E-state index is -0.413. The van der Waals surface area contributed by atoms with Gasteiger partial charge in [-0.2, -0.15) is 0 Å². The van der Waals surface area contributed by atoms with E-state index in [1.165, 1.54) is 5.56 Å². The highest BCUT2D eigenvalue weighted by Crippen LogP contribution is 2.48. The van der Waals surface area contributed by atoms with Crippen molar-refractivity contribution in [2.45, 2.75) is 38.3 Å². The van der Waals surface area contributed by atoms with E-state index in [0.29, 0.717) is 25.3 Å². The van der Waals surface area contributed by atoms with Crippen molar-refractivity contribution >= 4 is 17.1 Å². The molecule has 1 aliphatic rings. The van der Waals surface area contributed by atoms with Crippen molar-refractivity contribution in [2.24, 2.45) is 0 Å². The number of amides is 1. The van der Waals surface area contributed by atoms with Crippen molar-refractivity contribution < 1.29 is 4.79 Å². The van der Waals surface area contributed by atoms with Gasteiger partial charge in [0.15, 0.2) is 5.65 Å². The van der Waals surface area contributed by atoms with Crippen LogP contribution in [0.15, 0.2) is 77.7 Å². The molecule has 0 atom stereocenters. The molecular weight excluding hydrogens is 400 g/mol. The average Bonchev–Trinajstić information content (AvgIpc) is 3.60. The molecule has 4 aromatic rings. The first kappa shape index (κ1) is 20.2. The Morgan fingerprint density at radius 3 is 2.47 bits per heavy atom. The van der Waals surface area contributed by atoms with E-state index < -0.39 is 5.41 Å². The zero-order chi connectivity index (χ0) is 22.1. The van der Waals surface area contributed by atoms with Gasteiger partial charge in [-0.25, -0.2) is 9.78 Å².